The van der Waals surface area contributed by atoms with E-state index in [1.54, 1.807) is 0 Å². The highest BCUT2D eigenvalue weighted by atomic mass is 16.6. The number of nitriles is 1. The summed E-state index contributed by atoms with van der Waals surface area (Å²) in [7, 11) is 0. The lowest BCUT2D eigenvalue weighted by Gasteiger charge is -2.36. The molecule has 184 valence electrons. The first kappa shape index (κ1) is 24.5. The lowest BCUT2D eigenvalue weighted by atomic mass is 9.74. The quantitative estimate of drug-likeness (QED) is 0.613. The van der Waals surface area contributed by atoms with Gasteiger partial charge in [-0.3, -0.25) is 4.90 Å². The maximum absolute atomic E-state index is 12.7. The standard InChI is InChI=1S/C27H39N5O2/c1-21-5-4-6-22(2)25(21)18-34-26(33)31-13-11-30(12-14-31)17-24-15-29-20-32(24)16-23-7-9-27(3,19-28)10-8-23/h7-9,15,20-22,25H,4-6,10-14,16-18H2,1-3H3/t21-,22+,25?,27?. The molecule has 7 nitrogen and oxygen atoms in total. The van der Waals surface area contributed by atoms with Crippen LogP contribution in [0.25, 0.3) is 0 Å². The third-order valence-electron chi connectivity index (χ3n) is 8.06. The third kappa shape index (κ3) is 5.90. The van der Waals surface area contributed by atoms with E-state index in [1.807, 2.05) is 30.4 Å². The molecule has 2 unspecified atom stereocenters. The second-order valence-electron chi connectivity index (χ2n) is 10.7. The van der Waals surface area contributed by atoms with E-state index in [0.717, 1.165) is 32.6 Å². The molecule has 1 aromatic rings. The Bertz CT molecular complexity index is 942. The van der Waals surface area contributed by atoms with E-state index in [-0.39, 0.29) is 6.09 Å². The van der Waals surface area contributed by atoms with Crippen LogP contribution in [0, 0.1) is 34.5 Å². The zero-order valence-corrected chi connectivity index (χ0v) is 20.9. The van der Waals surface area contributed by atoms with Crippen LogP contribution in [-0.4, -0.2) is 58.2 Å². The summed E-state index contributed by atoms with van der Waals surface area (Å²) in [6.07, 6.45) is 14.4. The highest BCUT2D eigenvalue weighted by molar-refractivity contribution is 5.67. The number of amides is 1. The molecule has 1 aromatic heterocycles. The molecule has 0 aromatic carbocycles. The van der Waals surface area contributed by atoms with Crippen molar-refractivity contribution in [2.75, 3.05) is 32.8 Å². The van der Waals surface area contributed by atoms with Gasteiger partial charge in [0, 0.05) is 45.5 Å². The van der Waals surface area contributed by atoms with Crippen LogP contribution < -0.4 is 0 Å². The summed E-state index contributed by atoms with van der Waals surface area (Å²) in [6.45, 7) is 11.7. The molecule has 0 N–H and O–H groups in total. The Balaban J connectivity index is 1.23. The van der Waals surface area contributed by atoms with Gasteiger partial charge >= 0.3 is 6.09 Å². The fourth-order valence-corrected chi connectivity index (χ4v) is 5.44. The molecule has 2 aliphatic carbocycles. The first-order chi connectivity index (χ1) is 16.4. The van der Waals surface area contributed by atoms with E-state index in [2.05, 4.69) is 46.5 Å². The van der Waals surface area contributed by atoms with E-state index in [4.69, 9.17) is 4.74 Å². The summed E-state index contributed by atoms with van der Waals surface area (Å²) in [5, 5.41) is 9.30. The van der Waals surface area contributed by atoms with Gasteiger partial charge in [0.15, 0.2) is 0 Å². The summed E-state index contributed by atoms with van der Waals surface area (Å²) >= 11 is 0. The number of carbonyl (C=O) groups is 1. The normalized spacial score (nSPS) is 30.0. The predicted octanol–water partition coefficient (Wildman–Crippen LogP) is 4.63. The van der Waals surface area contributed by atoms with Gasteiger partial charge in [-0.1, -0.05) is 51.3 Å². The van der Waals surface area contributed by atoms with Crippen LogP contribution in [0.5, 0.6) is 0 Å². The minimum absolute atomic E-state index is 0.157. The molecule has 1 saturated carbocycles. The van der Waals surface area contributed by atoms with Crippen molar-refractivity contribution in [2.24, 2.45) is 23.2 Å². The number of ether oxygens (including phenoxy) is 1. The number of hydrogen-bond donors (Lipinski definition) is 0. The Hall–Kier alpha value is -2.59. The number of rotatable bonds is 6. The van der Waals surface area contributed by atoms with Crippen molar-refractivity contribution in [3.63, 3.8) is 0 Å². The first-order valence-electron chi connectivity index (χ1n) is 12.8. The summed E-state index contributed by atoms with van der Waals surface area (Å²) in [4.78, 5) is 21.3. The molecule has 2 fully saturated rings. The molecule has 1 aliphatic heterocycles. The van der Waals surface area contributed by atoms with Gasteiger partial charge in [-0.25, -0.2) is 9.78 Å². The van der Waals surface area contributed by atoms with Gasteiger partial charge in [-0.05, 0) is 36.7 Å². The molecule has 1 amide bonds. The van der Waals surface area contributed by atoms with Crippen molar-refractivity contribution in [1.82, 2.24) is 19.4 Å². The Morgan fingerprint density at radius 2 is 1.94 bits per heavy atom. The van der Waals surface area contributed by atoms with Crippen LogP contribution in [0.4, 0.5) is 4.79 Å². The minimum Gasteiger partial charge on any atom is -0.449 e. The number of imidazole rings is 1. The smallest absolute Gasteiger partial charge is 0.409 e. The molecule has 2 heterocycles. The summed E-state index contributed by atoms with van der Waals surface area (Å²) in [5.74, 6) is 1.75. The van der Waals surface area contributed by atoms with Crippen molar-refractivity contribution >= 4 is 6.09 Å². The van der Waals surface area contributed by atoms with E-state index in [9.17, 15) is 10.1 Å². The molecular formula is C27H39N5O2. The monoisotopic (exact) mass is 465 g/mol. The van der Waals surface area contributed by atoms with Gasteiger partial charge in [0.05, 0.1) is 30.1 Å². The number of aromatic nitrogens is 2. The Morgan fingerprint density at radius 1 is 1.21 bits per heavy atom. The Labute approximate surface area is 204 Å². The zero-order chi connectivity index (χ0) is 24.1. The van der Waals surface area contributed by atoms with Gasteiger partial charge in [0.1, 0.15) is 0 Å². The van der Waals surface area contributed by atoms with Crippen LogP contribution in [0.15, 0.2) is 36.3 Å². The average molecular weight is 466 g/mol. The van der Waals surface area contributed by atoms with E-state index in [1.165, 1.54) is 30.5 Å². The number of hydrogen-bond acceptors (Lipinski definition) is 5. The molecule has 7 heteroatoms. The lowest BCUT2D eigenvalue weighted by Crippen LogP contribution is -2.49. The molecule has 34 heavy (non-hydrogen) atoms. The van der Waals surface area contributed by atoms with E-state index in [0.29, 0.717) is 37.5 Å². The van der Waals surface area contributed by atoms with Gasteiger partial charge in [0.25, 0.3) is 0 Å². The third-order valence-corrected chi connectivity index (χ3v) is 8.06. The van der Waals surface area contributed by atoms with Gasteiger partial charge in [0.2, 0.25) is 0 Å². The fourth-order valence-electron chi connectivity index (χ4n) is 5.44. The number of allylic oxidation sites excluding steroid dienone is 4. The van der Waals surface area contributed by atoms with Crippen molar-refractivity contribution in [1.29, 1.82) is 5.26 Å². The first-order valence-corrected chi connectivity index (χ1v) is 12.8. The zero-order valence-electron chi connectivity index (χ0n) is 20.9. The van der Waals surface area contributed by atoms with Crippen molar-refractivity contribution in [2.45, 2.75) is 59.5 Å². The molecule has 4 atom stereocenters. The van der Waals surface area contributed by atoms with Crippen LogP contribution in [0.3, 0.4) is 0 Å². The summed E-state index contributed by atoms with van der Waals surface area (Å²) in [5.41, 5.74) is 1.98. The van der Waals surface area contributed by atoms with Crippen molar-refractivity contribution < 1.29 is 9.53 Å². The second-order valence-corrected chi connectivity index (χ2v) is 10.7. The molecule has 4 rings (SSSR count). The number of carbonyl (C=O) groups excluding carboxylic acids is 1. The summed E-state index contributed by atoms with van der Waals surface area (Å²) < 4.78 is 7.93. The van der Waals surface area contributed by atoms with Crippen molar-refractivity contribution in [3.8, 4) is 6.07 Å². The SMILES string of the molecule is C[C@@H]1CCC[C@H](C)C1COC(=O)N1CCN(Cc2cncn2CC2=CCC(C)(C#N)C=C2)CC1. The van der Waals surface area contributed by atoms with Crippen molar-refractivity contribution in [3.05, 3.63) is 42.0 Å². The van der Waals surface area contributed by atoms with E-state index < -0.39 is 5.41 Å². The minimum atomic E-state index is -0.394. The Morgan fingerprint density at radius 3 is 2.59 bits per heavy atom. The molecule has 3 aliphatic rings. The van der Waals surface area contributed by atoms with Crippen LogP contribution >= 0.6 is 0 Å². The van der Waals surface area contributed by atoms with Crippen LogP contribution in [0.1, 0.15) is 52.1 Å². The molecule has 0 bridgehead atoms. The summed E-state index contributed by atoms with van der Waals surface area (Å²) in [6, 6.07) is 2.37. The maximum atomic E-state index is 12.7. The predicted molar refractivity (Wildman–Crippen MR) is 132 cm³/mol. The highest BCUT2D eigenvalue weighted by Gasteiger charge is 2.30. The van der Waals surface area contributed by atoms with Gasteiger partial charge in [-0.15, -0.1) is 0 Å². The van der Waals surface area contributed by atoms with Crippen LogP contribution in [-0.2, 0) is 17.8 Å². The maximum Gasteiger partial charge on any atom is 0.409 e. The Kier molecular flexibility index (Phi) is 7.77. The largest absolute Gasteiger partial charge is 0.449 e. The highest BCUT2D eigenvalue weighted by Crippen LogP contribution is 2.34. The number of piperazine rings is 1. The van der Waals surface area contributed by atoms with Gasteiger partial charge < -0.3 is 14.2 Å². The second kappa shape index (κ2) is 10.8. The topological polar surface area (TPSA) is 74.4 Å². The lowest BCUT2D eigenvalue weighted by molar-refractivity contribution is 0.0370. The van der Waals surface area contributed by atoms with Gasteiger partial charge in [-0.2, -0.15) is 5.26 Å². The molecular weight excluding hydrogens is 426 g/mol. The van der Waals surface area contributed by atoms with E-state index >= 15 is 0 Å². The van der Waals surface area contributed by atoms with Crippen LogP contribution in [0.2, 0.25) is 0 Å². The number of nitrogens with zero attached hydrogens (tertiary/aromatic N) is 5. The fraction of sp³-hybridized carbons (Fsp3) is 0.667. The molecule has 1 saturated heterocycles. The average Bonchev–Trinajstić information content (AvgIpc) is 3.27. The molecule has 0 radical (unpaired) electrons. The molecule has 0 spiro atoms.